The van der Waals surface area contributed by atoms with Crippen LogP contribution in [-0.4, -0.2) is 18.2 Å². The molecule has 0 N–H and O–H groups in total. The predicted molar refractivity (Wildman–Crippen MR) is 135 cm³/mol. The van der Waals surface area contributed by atoms with E-state index >= 15 is 0 Å². The van der Waals surface area contributed by atoms with Crippen molar-refractivity contribution in [3.05, 3.63) is 65.9 Å². The Morgan fingerprint density at radius 1 is 1.00 bits per heavy atom. The van der Waals surface area contributed by atoms with Crippen LogP contribution in [0.2, 0.25) is 0 Å². The Kier molecular flexibility index (Phi) is 4.81. The smallest absolute Gasteiger partial charge is 0.0803 e. The van der Waals surface area contributed by atoms with E-state index in [9.17, 15) is 0 Å². The highest BCUT2D eigenvalue weighted by atomic mass is 32.2. The Bertz CT molecular complexity index is 1350. The molecule has 2 aliphatic rings. The average molecular weight is 440 g/mol. The molecule has 3 heterocycles. The highest BCUT2D eigenvalue weighted by molar-refractivity contribution is 7.99. The van der Waals surface area contributed by atoms with Crippen molar-refractivity contribution in [3.8, 4) is 11.3 Å². The highest BCUT2D eigenvalue weighted by Crippen LogP contribution is 2.52. The fraction of sp³-hybridized carbons (Fsp3) is 0.345. The van der Waals surface area contributed by atoms with Crippen molar-refractivity contribution in [2.24, 2.45) is 5.41 Å². The highest BCUT2D eigenvalue weighted by Gasteiger charge is 2.28. The van der Waals surface area contributed by atoms with Crippen molar-refractivity contribution in [2.75, 3.05) is 13.2 Å². The number of benzene rings is 3. The van der Waals surface area contributed by atoms with E-state index in [0.717, 1.165) is 38.2 Å². The second kappa shape index (κ2) is 7.60. The van der Waals surface area contributed by atoms with Crippen LogP contribution >= 0.6 is 11.8 Å². The third kappa shape index (κ3) is 3.43. The fourth-order valence-corrected chi connectivity index (χ4v) is 6.67. The first-order valence-corrected chi connectivity index (χ1v) is 12.5. The average Bonchev–Trinajstić information content (AvgIpc) is 2.79. The minimum absolute atomic E-state index is 0.210. The summed E-state index contributed by atoms with van der Waals surface area (Å²) >= 11 is 1.96. The van der Waals surface area contributed by atoms with Gasteiger partial charge in [-0.2, -0.15) is 0 Å². The lowest BCUT2D eigenvalue weighted by molar-refractivity contribution is 0.0853. The van der Waals surface area contributed by atoms with E-state index in [4.69, 9.17) is 9.72 Å². The Hall–Kier alpha value is -2.36. The number of rotatable bonds is 2. The van der Waals surface area contributed by atoms with Crippen LogP contribution in [0.4, 0.5) is 0 Å². The lowest BCUT2D eigenvalue weighted by Crippen LogP contribution is -2.14. The summed E-state index contributed by atoms with van der Waals surface area (Å²) in [6, 6.07) is 18.3. The summed E-state index contributed by atoms with van der Waals surface area (Å²) in [5, 5.41) is 5.33. The Morgan fingerprint density at radius 2 is 1.81 bits per heavy atom. The number of nitrogens with zero attached hydrogens (tertiary/aromatic N) is 1. The second-order valence-corrected chi connectivity index (χ2v) is 11.5. The van der Waals surface area contributed by atoms with E-state index in [1.165, 1.54) is 48.0 Å². The lowest BCUT2D eigenvalue weighted by atomic mass is 9.84. The van der Waals surface area contributed by atoms with E-state index in [1.807, 2.05) is 18.0 Å². The Labute approximate surface area is 194 Å². The molecule has 0 unspecified atom stereocenters. The van der Waals surface area contributed by atoms with Gasteiger partial charge >= 0.3 is 0 Å². The molecule has 0 bridgehead atoms. The summed E-state index contributed by atoms with van der Waals surface area (Å²) in [5.41, 5.74) is 5.58. The molecule has 1 fully saturated rings. The molecule has 162 valence electrons. The number of hydrogen-bond donors (Lipinski definition) is 0. The van der Waals surface area contributed by atoms with Gasteiger partial charge in [0.05, 0.1) is 5.69 Å². The van der Waals surface area contributed by atoms with Crippen LogP contribution in [0.1, 0.15) is 50.7 Å². The summed E-state index contributed by atoms with van der Waals surface area (Å²) in [4.78, 5) is 7.70. The lowest BCUT2D eigenvalue weighted by Gasteiger charge is -2.28. The molecule has 1 aromatic heterocycles. The SMILES string of the molecule is CC(C)(C)Cc1c2c(cc3ccccc13)-c1nccc3cc(C4CCOCC4)cc(c13)S2. The maximum atomic E-state index is 5.63. The second-order valence-electron chi connectivity index (χ2n) is 10.5. The third-order valence-electron chi connectivity index (χ3n) is 6.82. The maximum Gasteiger partial charge on any atom is 0.0803 e. The van der Waals surface area contributed by atoms with Gasteiger partial charge in [0, 0.05) is 40.2 Å². The monoisotopic (exact) mass is 439 g/mol. The van der Waals surface area contributed by atoms with E-state index in [2.05, 4.69) is 69.3 Å². The van der Waals surface area contributed by atoms with Gasteiger partial charge in [0.15, 0.2) is 0 Å². The van der Waals surface area contributed by atoms with Gasteiger partial charge in [-0.05, 0) is 76.1 Å². The molecule has 0 atom stereocenters. The van der Waals surface area contributed by atoms with Crippen molar-refractivity contribution in [2.45, 2.75) is 55.7 Å². The van der Waals surface area contributed by atoms with E-state index < -0.39 is 0 Å². The molecule has 0 spiro atoms. The summed E-state index contributed by atoms with van der Waals surface area (Å²) in [5.74, 6) is 0.591. The number of fused-ring (bicyclic) bond motifs is 3. The summed E-state index contributed by atoms with van der Waals surface area (Å²) in [7, 11) is 0. The quantitative estimate of drug-likeness (QED) is 0.278. The van der Waals surface area contributed by atoms with Gasteiger partial charge in [-0.25, -0.2) is 0 Å². The van der Waals surface area contributed by atoms with Crippen molar-refractivity contribution < 1.29 is 4.74 Å². The number of aromatic nitrogens is 1. The van der Waals surface area contributed by atoms with E-state index in [1.54, 1.807) is 0 Å². The first-order valence-electron chi connectivity index (χ1n) is 11.7. The van der Waals surface area contributed by atoms with Gasteiger partial charge in [-0.15, -0.1) is 0 Å². The molecule has 0 radical (unpaired) electrons. The molecule has 3 heteroatoms. The number of pyridine rings is 1. The summed E-state index contributed by atoms with van der Waals surface area (Å²) in [6.45, 7) is 8.76. The van der Waals surface area contributed by atoms with Gasteiger partial charge < -0.3 is 4.74 Å². The largest absolute Gasteiger partial charge is 0.381 e. The zero-order valence-electron chi connectivity index (χ0n) is 19.1. The Morgan fingerprint density at radius 3 is 2.62 bits per heavy atom. The molecule has 4 aromatic rings. The number of hydrogen-bond acceptors (Lipinski definition) is 3. The minimum atomic E-state index is 0.210. The van der Waals surface area contributed by atoms with Crippen LogP contribution in [-0.2, 0) is 11.2 Å². The Balaban J connectivity index is 1.61. The first kappa shape index (κ1) is 20.3. The molecule has 32 heavy (non-hydrogen) atoms. The molecule has 6 rings (SSSR count). The molecular weight excluding hydrogens is 410 g/mol. The molecule has 3 aromatic carbocycles. The van der Waals surface area contributed by atoms with Gasteiger partial charge in [0.25, 0.3) is 0 Å². The van der Waals surface area contributed by atoms with Gasteiger partial charge in [-0.1, -0.05) is 62.9 Å². The molecule has 1 saturated heterocycles. The van der Waals surface area contributed by atoms with Crippen molar-refractivity contribution in [3.63, 3.8) is 0 Å². The van der Waals surface area contributed by atoms with Crippen LogP contribution in [0, 0.1) is 5.41 Å². The molecule has 0 saturated carbocycles. The molecule has 0 aliphatic carbocycles. The zero-order chi connectivity index (χ0) is 21.9. The molecular formula is C29H29NOS. The normalized spacial score (nSPS) is 16.5. The zero-order valence-corrected chi connectivity index (χ0v) is 19.9. The maximum absolute atomic E-state index is 5.63. The van der Waals surface area contributed by atoms with Crippen LogP contribution < -0.4 is 0 Å². The van der Waals surface area contributed by atoms with Crippen molar-refractivity contribution >= 4 is 33.3 Å². The molecule has 2 nitrogen and oxygen atoms in total. The minimum Gasteiger partial charge on any atom is -0.381 e. The van der Waals surface area contributed by atoms with Gasteiger partial charge in [-0.3, -0.25) is 4.98 Å². The fourth-order valence-electron chi connectivity index (χ4n) is 5.36. The van der Waals surface area contributed by atoms with Crippen LogP contribution in [0.5, 0.6) is 0 Å². The van der Waals surface area contributed by atoms with Gasteiger partial charge in [0.1, 0.15) is 0 Å². The van der Waals surface area contributed by atoms with Crippen LogP contribution in [0.3, 0.4) is 0 Å². The topological polar surface area (TPSA) is 22.1 Å². The first-order chi connectivity index (χ1) is 15.5. The van der Waals surface area contributed by atoms with E-state index in [-0.39, 0.29) is 5.41 Å². The summed E-state index contributed by atoms with van der Waals surface area (Å²) in [6.07, 6.45) is 5.27. The van der Waals surface area contributed by atoms with Crippen molar-refractivity contribution in [1.29, 1.82) is 0 Å². The number of ether oxygens (including phenoxy) is 1. The van der Waals surface area contributed by atoms with Gasteiger partial charge in [0.2, 0.25) is 0 Å². The standard InChI is InChI=1S/C29H29NOS/c1-29(2,3)17-24-22-7-5-4-6-19(22)15-23-27-26-20(8-11-30-27)14-21(16-25(26)32-28(23)24)18-9-12-31-13-10-18/h4-8,11,14-16,18H,9-10,12-13,17H2,1-3H3. The van der Waals surface area contributed by atoms with E-state index in [0.29, 0.717) is 5.92 Å². The summed E-state index contributed by atoms with van der Waals surface area (Å²) < 4.78 is 5.63. The molecule has 0 amide bonds. The van der Waals surface area contributed by atoms with Crippen LogP contribution in [0.25, 0.3) is 32.8 Å². The molecule has 2 aliphatic heterocycles. The predicted octanol–water partition coefficient (Wildman–Crippen LogP) is 8.00. The van der Waals surface area contributed by atoms with Crippen molar-refractivity contribution in [1.82, 2.24) is 4.98 Å². The van der Waals surface area contributed by atoms with Crippen LogP contribution in [0.15, 0.2) is 64.5 Å². The third-order valence-corrected chi connectivity index (χ3v) is 8.03.